The fourth-order valence-electron chi connectivity index (χ4n) is 9.41. The SMILES string of the molecule is CC1(C)c2ccccc2-c2cccc(-c3ccccc3-c3cc(-c4ccccc4)nc(-c4ccc(-c5c6ccccc6cc6ccc7ccccc7c56)cc4)n3)c21. The summed E-state index contributed by atoms with van der Waals surface area (Å²) in [5.41, 5.74) is 15.0. The van der Waals surface area contributed by atoms with Crippen LogP contribution in [0.25, 0.3) is 99.6 Å². The van der Waals surface area contributed by atoms with Gasteiger partial charge in [-0.15, -0.1) is 0 Å². The molecule has 0 radical (unpaired) electrons. The van der Waals surface area contributed by atoms with Crippen LogP contribution in [0.5, 0.6) is 0 Å². The van der Waals surface area contributed by atoms with Crippen molar-refractivity contribution in [2.24, 2.45) is 0 Å². The minimum Gasteiger partial charge on any atom is -0.228 e. The van der Waals surface area contributed by atoms with Gasteiger partial charge in [-0.2, -0.15) is 0 Å². The second-order valence-corrected chi connectivity index (χ2v) is 15.7. The van der Waals surface area contributed by atoms with Gasteiger partial charge in [0.1, 0.15) is 0 Å². The van der Waals surface area contributed by atoms with Crippen molar-refractivity contribution in [2.45, 2.75) is 19.3 Å². The number of benzene rings is 9. The Kier molecular flexibility index (Phi) is 7.55. The second-order valence-electron chi connectivity index (χ2n) is 15.7. The third-order valence-electron chi connectivity index (χ3n) is 12.1. The van der Waals surface area contributed by atoms with Crippen LogP contribution in [0.2, 0.25) is 0 Å². The molecule has 0 saturated carbocycles. The normalized spacial score (nSPS) is 12.9. The summed E-state index contributed by atoms with van der Waals surface area (Å²) in [5, 5.41) is 7.50. The van der Waals surface area contributed by atoms with E-state index >= 15 is 0 Å². The molecular formula is C55H38N2. The van der Waals surface area contributed by atoms with Crippen LogP contribution in [-0.2, 0) is 5.41 Å². The van der Waals surface area contributed by atoms with Crippen LogP contribution in [-0.4, -0.2) is 9.97 Å². The van der Waals surface area contributed by atoms with Crippen molar-refractivity contribution in [1.82, 2.24) is 9.97 Å². The zero-order chi connectivity index (χ0) is 38.1. The predicted molar refractivity (Wildman–Crippen MR) is 239 cm³/mol. The molecule has 1 aromatic heterocycles. The highest BCUT2D eigenvalue weighted by Gasteiger charge is 2.37. The molecule has 0 aliphatic heterocycles. The lowest BCUT2D eigenvalue weighted by molar-refractivity contribution is 0.662. The summed E-state index contributed by atoms with van der Waals surface area (Å²) in [6.07, 6.45) is 0. The number of hydrogen-bond acceptors (Lipinski definition) is 2. The van der Waals surface area contributed by atoms with Crippen LogP contribution < -0.4 is 0 Å². The van der Waals surface area contributed by atoms with E-state index < -0.39 is 0 Å². The molecule has 1 heterocycles. The molecule has 2 heteroatoms. The molecule has 11 rings (SSSR count). The Morgan fingerprint density at radius 3 is 1.75 bits per heavy atom. The van der Waals surface area contributed by atoms with E-state index in [-0.39, 0.29) is 5.41 Å². The van der Waals surface area contributed by atoms with Gasteiger partial charge in [-0.05, 0) is 89.0 Å². The number of fused-ring (bicyclic) bond motifs is 7. The third kappa shape index (κ3) is 5.33. The minimum atomic E-state index is -0.148. The molecule has 268 valence electrons. The van der Waals surface area contributed by atoms with E-state index in [1.165, 1.54) is 76.8 Å². The molecule has 0 fully saturated rings. The fraction of sp³-hybridized carbons (Fsp3) is 0.0545. The predicted octanol–water partition coefficient (Wildman–Crippen LogP) is 14.6. The van der Waals surface area contributed by atoms with Crippen LogP contribution in [0, 0.1) is 0 Å². The van der Waals surface area contributed by atoms with Gasteiger partial charge in [0.05, 0.1) is 11.4 Å². The van der Waals surface area contributed by atoms with E-state index in [2.05, 4.69) is 208 Å². The van der Waals surface area contributed by atoms with Crippen LogP contribution in [0.1, 0.15) is 25.0 Å². The maximum absolute atomic E-state index is 5.39. The lowest BCUT2D eigenvalue weighted by Crippen LogP contribution is -2.16. The Hall–Kier alpha value is -7.16. The molecule has 0 atom stereocenters. The van der Waals surface area contributed by atoms with E-state index in [4.69, 9.17) is 9.97 Å². The van der Waals surface area contributed by atoms with Gasteiger partial charge in [-0.25, -0.2) is 9.97 Å². The number of aromatic nitrogens is 2. The second kappa shape index (κ2) is 13.0. The first-order valence-electron chi connectivity index (χ1n) is 19.7. The van der Waals surface area contributed by atoms with Gasteiger partial charge >= 0.3 is 0 Å². The molecule has 0 saturated heterocycles. The Labute approximate surface area is 332 Å². The number of rotatable bonds is 5. The summed E-state index contributed by atoms with van der Waals surface area (Å²) in [6, 6.07) is 70.1. The van der Waals surface area contributed by atoms with Crippen molar-refractivity contribution in [1.29, 1.82) is 0 Å². The van der Waals surface area contributed by atoms with Crippen molar-refractivity contribution in [3.05, 3.63) is 205 Å². The Bertz CT molecular complexity index is 3190. The molecule has 57 heavy (non-hydrogen) atoms. The monoisotopic (exact) mass is 726 g/mol. The fourth-order valence-corrected chi connectivity index (χ4v) is 9.41. The first-order valence-corrected chi connectivity index (χ1v) is 19.7. The zero-order valence-corrected chi connectivity index (χ0v) is 31.9. The van der Waals surface area contributed by atoms with Crippen LogP contribution in [0.3, 0.4) is 0 Å². The first-order chi connectivity index (χ1) is 28.0. The van der Waals surface area contributed by atoms with Crippen LogP contribution in [0.4, 0.5) is 0 Å². The summed E-state index contributed by atoms with van der Waals surface area (Å²) >= 11 is 0. The maximum atomic E-state index is 5.39. The largest absolute Gasteiger partial charge is 0.228 e. The van der Waals surface area contributed by atoms with Gasteiger partial charge < -0.3 is 0 Å². The molecule has 9 aromatic carbocycles. The van der Waals surface area contributed by atoms with Crippen molar-refractivity contribution in [3.63, 3.8) is 0 Å². The van der Waals surface area contributed by atoms with E-state index in [9.17, 15) is 0 Å². The summed E-state index contributed by atoms with van der Waals surface area (Å²) < 4.78 is 0. The minimum absolute atomic E-state index is 0.148. The molecule has 2 nitrogen and oxygen atoms in total. The molecule has 0 bridgehead atoms. The number of hydrogen-bond donors (Lipinski definition) is 0. The molecule has 0 N–H and O–H groups in total. The molecule has 10 aromatic rings. The maximum Gasteiger partial charge on any atom is 0.160 e. The molecule has 0 spiro atoms. The molecular weight excluding hydrogens is 689 g/mol. The van der Waals surface area contributed by atoms with Crippen molar-refractivity contribution in [3.8, 4) is 67.3 Å². The van der Waals surface area contributed by atoms with Crippen molar-refractivity contribution < 1.29 is 0 Å². The highest BCUT2D eigenvalue weighted by molar-refractivity contribution is 6.22. The zero-order valence-electron chi connectivity index (χ0n) is 31.9. The van der Waals surface area contributed by atoms with Crippen molar-refractivity contribution in [2.75, 3.05) is 0 Å². The summed E-state index contributed by atoms with van der Waals surface area (Å²) in [6.45, 7) is 4.71. The van der Waals surface area contributed by atoms with Crippen molar-refractivity contribution >= 4 is 32.3 Å². The number of nitrogens with zero attached hydrogens (tertiary/aromatic N) is 2. The van der Waals surface area contributed by atoms with Gasteiger partial charge in [0.15, 0.2) is 5.82 Å². The van der Waals surface area contributed by atoms with Crippen LogP contribution >= 0.6 is 0 Å². The Balaban J connectivity index is 1.09. The first kappa shape index (κ1) is 33.2. The summed E-state index contributed by atoms with van der Waals surface area (Å²) in [7, 11) is 0. The van der Waals surface area contributed by atoms with E-state index in [1.54, 1.807) is 0 Å². The highest BCUT2D eigenvalue weighted by atomic mass is 14.9. The van der Waals surface area contributed by atoms with Gasteiger partial charge in [0.2, 0.25) is 0 Å². The third-order valence-corrected chi connectivity index (χ3v) is 12.1. The molecule has 1 aliphatic carbocycles. The van der Waals surface area contributed by atoms with E-state index in [1.807, 2.05) is 0 Å². The lowest BCUT2D eigenvalue weighted by atomic mass is 9.78. The standard InChI is InChI=1S/C55H38N2/c1-55(2)48-26-13-12-22-44(48)47-25-14-24-46(53(47)55)43-21-10-11-23-45(43)50-34-49(36-16-4-3-5-17-36)56-54(57-50)38-30-28-37(29-31-38)51-42-20-9-7-18-39(42)33-40-32-27-35-15-6-8-19-41(35)52(40)51/h3-34H,1-2H3. The topological polar surface area (TPSA) is 25.8 Å². The summed E-state index contributed by atoms with van der Waals surface area (Å²) in [5.74, 6) is 0.701. The highest BCUT2D eigenvalue weighted by Crippen LogP contribution is 2.53. The quantitative estimate of drug-likeness (QED) is 0.130. The molecule has 0 unspecified atom stereocenters. The Morgan fingerprint density at radius 2 is 0.947 bits per heavy atom. The average Bonchev–Trinajstić information content (AvgIpc) is 3.51. The van der Waals surface area contributed by atoms with Gasteiger partial charge in [0, 0.05) is 22.1 Å². The summed E-state index contributed by atoms with van der Waals surface area (Å²) in [4.78, 5) is 10.6. The van der Waals surface area contributed by atoms with Gasteiger partial charge in [-0.1, -0.05) is 196 Å². The van der Waals surface area contributed by atoms with E-state index in [0.717, 1.165) is 28.1 Å². The average molecular weight is 727 g/mol. The Morgan fingerprint density at radius 1 is 0.368 bits per heavy atom. The smallest absolute Gasteiger partial charge is 0.160 e. The molecule has 1 aliphatic rings. The molecule has 0 amide bonds. The van der Waals surface area contributed by atoms with E-state index in [0.29, 0.717) is 5.82 Å². The van der Waals surface area contributed by atoms with Gasteiger partial charge in [-0.3, -0.25) is 0 Å². The van der Waals surface area contributed by atoms with Gasteiger partial charge in [0.25, 0.3) is 0 Å². The van der Waals surface area contributed by atoms with Crippen LogP contribution in [0.15, 0.2) is 194 Å². The lowest BCUT2D eigenvalue weighted by Gasteiger charge is -2.25.